The Morgan fingerprint density at radius 3 is 3.29 bits per heavy atom. The van der Waals surface area contributed by atoms with E-state index >= 15 is 0 Å². The molecule has 2 rings (SSSR count). The van der Waals surface area contributed by atoms with E-state index in [0.29, 0.717) is 13.0 Å². The summed E-state index contributed by atoms with van der Waals surface area (Å²) in [7, 11) is 0. The normalized spacial score (nSPS) is 14.7. The summed E-state index contributed by atoms with van der Waals surface area (Å²) in [4.78, 5) is 4.46. The van der Waals surface area contributed by atoms with Crippen molar-refractivity contribution in [1.82, 2.24) is 4.98 Å². The van der Waals surface area contributed by atoms with Crippen molar-refractivity contribution in [1.29, 1.82) is 0 Å². The number of nitrogens with one attached hydrogen (secondary N) is 1. The van der Waals surface area contributed by atoms with Gasteiger partial charge >= 0.3 is 0 Å². The van der Waals surface area contributed by atoms with Crippen LogP contribution in [0.4, 0.5) is 5.82 Å². The number of anilines is 1. The van der Waals surface area contributed by atoms with Crippen molar-refractivity contribution in [2.45, 2.75) is 19.3 Å². The standard InChI is InChI=1S/C11H16N4O2/c12-10(15-16)3-1-2-8-4-5-9-11(14-8)13-6-7-17-9/h4-5,16H,1-3,6-7H2,(H2,12,15)(H,13,14). The third-order valence-electron chi connectivity index (χ3n) is 2.56. The van der Waals surface area contributed by atoms with E-state index in [0.717, 1.165) is 36.6 Å². The topological polar surface area (TPSA) is 92.8 Å². The van der Waals surface area contributed by atoms with Crippen LogP contribution in [-0.4, -0.2) is 29.2 Å². The first-order valence-electron chi connectivity index (χ1n) is 5.62. The third-order valence-corrected chi connectivity index (χ3v) is 2.56. The van der Waals surface area contributed by atoms with E-state index in [-0.39, 0.29) is 5.84 Å². The summed E-state index contributed by atoms with van der Waals surface area (Å²) >= 11 is 0. The second-order valence-electron chi connectivity index (χ2n) is 3.87. The number of nitrogens with two attached hydrogens (primary N) is 1. The predicted molar refractivity (Wildman–Crippen MR) is 64.6 cm³/mol. The molecule has 0 amide bonds. The molecule has 0 fully saturated rings. The summed E-state index contributed by atoms with van der Waals surface area (Å²) < 4.78 is 5.44. The maximum Gasteiger partial charge on any atom is 0.169 e. The molecule has 0 spiro atoms. The number of hydrogen-bond acceptors (Lipinski definition) is 5. The highest BCUT2D eigenvalue weighted by Gasteiger charge is 2.11. The van der Waals surface area contributed by atoms with Crippen molar-refractivity contribution < 1.29 is 9.94 Å². The zero-order valence-electron chi connectivity index (χ0n) is 9.52. The summed E-state index contributed by atoms with van der Waals surface area (Å²) in [5, 5.41) is 14.5. The van der Waals surface area contributed by atoms with Gasteiger partial charge in [0.25, 0.3) is 0 Å². The van der Waals surface area contributed by atoms with Crippen molar-refractivity contribution >= 4 is 11.7 Å². The minimum atomic E-state index is 0.254. The number of rotatable bonds is 4. The van der Waals surface area contributed by atoms with Gasteiger partial charge in [0, 0.05) is 12.1 Å². The zero-order chi connectivity index (χ0) is 12.1. The third kappa shape index (κ3) is 2.99. The lowest BCUT2D eigenvalue weighted by Gasteiger charge is -2.18. The van der Waals surface area contributed by atoms with Gasteiger partial charge in [-0.25, -0.2) is 4.98 Å². The lowest BCUT2D eigenvalue weighted by molar-refractivity contribution is 0.316. The van der Waals surface area contributed by atoms with Crippen LogP contribution in [0.15, 0.2) is 17.3 Å². The maximum absolute atomic E-state index is 8.41. The van der Waals surface area contributed by atoms with Gasteiger partial charge in [0.15, 0.2) is 11.6 Å². The van der Waals surface area contributed by atoms with Crippen molar-refractivity contribution in [2.75, 3.05) is 18.5 Å². The Labute approximate surface area is 99.5 Å². The van der Waals surface area contributed by atoms with E-state index in [2.05, 4.69) is 15.5 Å². The van der Waals surface area contributed by atoms with Gasteiger partial charge in [-0.2, -0.15) is 0 Å². The maximum atomic E-state index is 8.41. The van der Waals surface area contributed by atoms with Gasteiger partial charge in [-0.15, -0.1) is 0 Å². The molecule has 0 saturated carbocycles. The summed E-state index contributed by atoms with van der Waals surface area (Å²) in [5.74, 6) is 1.86. The number of amidine groups is 1. The van der Waals surface area contributed by atoms with E-state index in [1.54, 1.807) is 0 Å². The van der Waals surface area contributed by atoms with Crippen LogP contribution in [0.1, 0.15) is 18.5 Å². The van der Waals surface area contributed by atoms with Crippen LogP contribution in [0.3, 0.4) is 0 Å². The average molecular weight is 236 g/mol. The zero-order valence-corrected chi connectivity index (χ0v) is 9.52. The average Bonchev–Trinajstić information content (AvgIpc) is 2.38. The molecular formula is C11H16N4O2. The smallest absolute Gasteiger partial charge is 0.169 e. The van der Waals surface area contributed by atoms with Crippen molar-refractivity contribution in [2.24, 2.45) is 10.9 Å². The molecule has 1 aliphatic heterocycles. The van der Waals surface area contributed by atoms with E-state index in [4.69, 9.17) is 15.7 Å². The van der Waals surface area contributed by atoms with E-state index in [1.165, 1.54) is 0 Å². The number of pyridine rings is 1. The molecule has 0 aliphatic carbocycles. The first kappa shape index (κ1) is 11.5. The molecule has 0 aromatic carbocycles. The number of hydrogen-bond donors (Lipinski definition) is 3. The van der Waals surface area contributed by atoms with Gasteiger partial charge < -0.3 is 21.0 Å². The van der Waals surface area contributed by atoms with Crippen molar-refractivity contribution in [3.8, 4) is 5.75 Å². The number of fused-ring (bicyclic) bond motifs is 1. The van der Waals surface area contributed by atoms with Crippen LogP contribution in [-0.2, 0) is 6.42 Å². The Hall–Kier alpha value is -1.98. The Morgan fingerprint density at radius 2 is 2.47 bits per heavy atom. The fourth-order valence-electron chi connectivity index (χ4n) is 1.70. The molecule has 1 aromatic heterocycles. The van der Waals surface area contributed by atoms with Gasteiger partial charge in [0.05, 0.1) is 6.54 Å². The predicted octanol–water partition coefficient (Wildman–Crippen LogP) is 0.955. The largest absolute Gasteiger partial charge is 0.488 e. The minimum absolute atomic E-state index is 0.254. The molecule has 1 aliphatic rings. The van der Waals surface area contributed by atoms with E-state index in [1.807, 2.05) is 12.1 Å². The lowest BCUT2D eigenvalue weighted by Crippen LogP contribution is -2.19. The van der Waals surface area contributed by atoms with Crippen molar-refractivity contribution in [3.05, 3.63) is 17.8 Å². The Bertz CT molecular complexity index is 420. The highest BCUT2D eigenvalue weighted by molar-refractivity contribution is 5.79. The summed E-state index contributed by atoms with van der Waals surface area (Å²) in [5.41, 5.74) is 6.37. The highest BCUT2D eigenvalue weighted by Crippen LogP contribution is 2.25. The van der Waals surface area contributed by atoms with Gasteiger partial charge in [-0.1, -0.05) is 5.16 Å². The molecule has 0 bridgehead atoms. The van der Waals surface area contributed by atoms with Gasteiger partial charge in [0.1, 0.15) is 12.4 Å². The summed E-state index contributed by atoms with van der Waals surface area (Å²) in [6.07, 6.45) is 2.17. The number of ether oxygens (including phenoxy) is 1. The molecule has 6 nitrogen and oxygen atoms in total. The van der Waals surface area contributed by atoms with Crippen LogP contribution >= 0.6 is 0 Å². The monoisotopic (exact) mass is 236 g/mol. The highest BCUT2D eigenvalue weighted by atomic mass is 16.5. The van der Waals surface area contributed by atoms with E-state index < -0.39 is 0 Å². The molecule has 17 heavy (non-hydrogen) atoms. The molecule has 1 aromatic rings. The van der Waals surface area contributed by atoms with Crippen LogP contribution in [0.2, 0.25) is 0 Å². The molecule has 0 saturated heterocycles. The molecular weight excluding hydrogens is 220 g/mol. The quantitative estimate of drug-likeness (QED) is 0.313. The van der Waals surface area contributed by atoms with Crippen LogP contribution in [0, 0.1) is 0 Å². The minimum Gasteiger partial charge on any atom is -0.488 e. The number of aromatic nitrogens is 1. The molecule has 0 unspecified atom stereocenters. The first-order valence-corrected chi connectivity index (χ1v) is 5.62. The first-order chi connectivity index (χ1) is 8.29. The Morgan fingerprint density at radius 1 is 1.59 bits per heavy atom. The number of aryl methyl sites for hydroxylation is 1. The second-order valence-corrected chi connectivity index (χ2v) is 3.87. The van der Waals surface area contributed by atoms with Crippen LogP contribution in [0.5, 0.6) is 5.75 Å². The molecule has 6 heteroatoms. The Balaban J connectivity index is 1.93. The van der Waals surface area contributed by atoms with Gasteiger partial charge in [-0.05, 0) is 25.0 Å². The molecule has 4 N–H and O–H groups in total. The fraction of sp³-hybridized carbons (Fsp3) is 0.455. The number of nitrogens with zero attached hydrogens (tertiary/aromatic N) is 2. The Kier molecular flexibility index (Phi) is 3.64. The van der Waals surface area contributed by atoms with Crippen LogP contribution in [0.25, 0.3) is 0 Å². The van der Waals surface area contributed by atoms with Crippen molar-refractivity contribution in [3.63, 3.8) is 0 Å². The lowest BCUT2D eigenvalue weighted by atomic mass is 10.1. The SMILES string of the molecule is NC(CCCc1ccc2c(n1)NCCO2)=NO. The summed E-state index contributed by atoms with van der Waals surface area (Å²) in [6, 6.07) is 3.87. The number of oxime groups is 1. The molecule has 92 valence electrons. The molecule has 0 atom stereocenters. The van der Waals surface area contributed by atoms with Crippen LogP contribution < -0.4 is 15.8 Å². The second kappa shape index (κ2) is 5.38. The van der Waals surface area contributed by atoms with Gasteiger partial charge in [-0.3, -0.25) is 0 Å². The summed E-state index contributed by atoms with van der Waals surface area (Å²) in [6.45, 7) is 1.46. The fourth-order valence-corrected chi connectivity index (χ4v) is 1.70. The molecule has 0 radical (unpaired) electrons. The van der Waals surface area contributed by atoms with E-state index in [9.17, 15) is 0 Å². The van der Waals surface area contributed by atoms with Gasteiger partial charge in [0.2, 0.25) is 0 Å². The molecule has 2 heterocycles.